The lowest BCUT2D eigenvalue weighted by molar-refractivity contribution is -0.114. The summed E-state index contributed by atoms with van der Waals surface area (Å²) in [6.07, 6.45) is 1.30. The van der Waals surface area contributed by atoms with Gasteiger partial charge in [-0.25, -0.2) is 4.98 Å². The molecule has 0 fully saturated rings. The van der Waals surface area contributed by atoms with Gasteiger partial charge in [0.05, 0.1) is 5.69 Å². The number of hydrogen-bond acceptors (Lipinski definition) is 5. The van der Waals surface area contributed by atoms with Crippen LogP contribution in [0.3, 0.4) is 0 Å². The minimum atomic E-state index is -0.547. The number of amides is 2. The summed E-state index contributed by atoms with van der Waals surface area (Å²) in [4.78, 5) is 41.6. The largest absolute Gasteiger partial charge is 0.326 e. The lowest BCUT2D eigenvalue weighted by Crippen LogP contribution is -2.26. The van der Waals surface area contributed by atoms with Crippen molar-refractivity contribution in [3.05, 3.63) is 82.1 Å². The maximum absolute atomic E-state index is 13.0. The van der Waals surface area contributed by atoms with Crippen molar-refractivity contribution in [1.82, 2.24) is 9.38 Å². The van der Waals surface area contributed by atoms with Crippen LogP contribution < -0.4 is 16.2 Å². The van der Waals surface area contributed by atoms with Crippen molar-refractivity contribution in [2.75, 3.05) is 10.6 Å². The Labute approximate surface area is 169 Å². The number of fused-ring (bicyclic) bond motifs is 1. The molecule has 0 spiro atoms. The Morgan fingerprint density at radius 2 is 1.62 bits per heavy atom. The van der Waals surface area contributed by atoms with Crippen molar-refractivity contribution in [3.8, 4) is 11.3 Å². The van der Waals surface area contributed by atoms with Gasteiger partial charge in [0.2, 0.25) is 5.91 Å². The molecule has 0 bridgehead atoms. The summed E-state index contributed by atoms with van der Waals surface area (Å²) in [6, 6.07) is 16.1. The maximum atomic E-state index is 13.0. The molecule has 0 aliphatic rings. The van der Waals surface area contributed by atoms with Gasteiger partial charge >= 0.3 is 0 Å². The zero-order valence-electron chi connectivity index (χ0n) is 15.4. The highest BCUT2D eigenvalue weighted by Gasteiger charge is 2.17. The predicted octanol–water partition coefficient (Wildman–Crippen LogP) is 3.63. The van der Waals surface area contributed by atoms with Crippen LogP contribution in [0.1, 0.15) is 17.3 Å². The van der Waals surface area contributed by atoms with Gasteiger partial charge in [-0.1, -0.05) is 30.3 Å². The highest BCUT2D eigenvalue weighted by molar-refractivity contribution is 7.15. The molecule has 0 aliphatic carbocycles. The second-order valence-corrected chi connectivity index (χ2v) is 7.13. The van der Waals surface area contributed by atoms with Crippen LogP contribution in [0.15, 0.2) is 71.0 Å². The molecule has 0 saturated carbocycles. The van der Waals surface area contributed by atoms with E-state index in [1.54, 1.807) is 24.3 Å². The predicted molar refractivity (Wildman–Crippen MR) is 113 cm³/mol. The Kier molecular flexibility index (Phi) is 4.92. The fraction of sp³-hybridized carbons (Fsp3) is 0.0476. The Morgan fingerprint density at radius 3 is 2.28 bits per heavy atom. The Bertz CT molecular complexity index is 1260. The topological polar surface area (TPSA) is 92.6 Å². The first kappa shape index (κ1) is 18.6. The third-order valence-electron chi connectivity index (χ3n) is 4.22. The summed E-state index contributed by atoms with van der Waals surface area (Å²) < 4.78 is 1.45. The molecule has 29 heavy (non-hydrogen) atoms. The summed E-state index contributed by atoms with van der Waals surface area (Å²) in [7, 11) is 0. The van der Waals surface area contributed by atoms with Crippen LogP contribution in [0.5, 0.6) is 0 Å². The number of nitrogens with zero attached hydrogens (tertiary/aromatic N) is 2. The lowest BCUT2D eigenvalue weighted by Gasteiger charge is -2.07. The van der Waals surface area contributed by atoms with Crippen molar-refractivity contribution in [2.45, 2.75) is 6.92 Å². The summed E-state index contributed by atoms with van der Waals surface area (Å²) in [5, 5.41) is 7.19. The van der Waals surface area contributed by atoms with Gasteiger partial charge in [-0.05, 0) is 29.8 Å². The van der Waals surface area contributed by atoms with Crippen molar-refractivity contribution in [2.24, 2.45) is 0 Å². The maximum Gasteiger partial charge on any atom is 0.271 e. The molecule has 2 aromatic heterocycles. The average Bonchev–Trinajstić information content (AvgIpc) is 3.15. The van der Waals surface area contributed by atoms with E-state index in [0.29, 0.717) is 22.0 Å². The van der Waals surface area contributed by atoms with Gasteiger partial charge in [0.15, 0.2) is 4.96 Å². The van der Waals surface area contributed by atoms with Crippen LogP contribution in [0.2, 0.25) is 0 Å². The van der Waals surface area contributed by atoms with E-state index in [1.165, 1.54) is 28.9 Å². The van der Waals surface area contributed by atoms with Crippen LogP contribution >= 0.6 is 11.3 Å². The van der Waals surface area contributed by atoms with Crippen LogP contribution in [-0.4, -0.2) is 21.2 Å². The van der Waals surface area contributed by atoms with E-state index in [-0.39, 0.29) is 11.5 Å². The van der Waals surface area contributed by atoms with Gasteiger partial charge in [-0.3, -0.25) is 18.8 Å². The number of nitrogens with one attached hydrogen (secondary N) is 2. The second kappa shape index (κ2) is 7.69. The molecule has 0 radical (unpaired) electrons. The Morgan fingerprint density at radius 1 is 0.966 bits per heavy atom. The van der Waals surface area contributed by atoms with Gasteiger partial charge in [0.1, 0.15) is 5.56 Å². The number of benzene rings is 2. The Balaban J connectivity index is 1.65. The molecular weight excluding hydrogens is 388 g/mol. The molecule has 7 nitrogen and oxygen atoms in total. The van der Waals surface area contributed by atoms with E-state index in [9.17, 15) is 14.4 Å². The number of rotatable bonds is 4. The van der Waals surface area contributed by atoms with E-state index in [1.807, 2.05) is 35.7 Å². The van der Waals surface area contributed by atoms with Gasteiger partial charge < -0.3 is 10.6 Å². The third-order valence-corrected chi connectivity index (χ3v) is 5.06. The van der Waals surface area contributed by atoms with Crippen molar-refractivity contribution in [1.29, 1.82) is 0 Å². The summed E-state index contributed by atoms with van der Waals surface area (Å²) >= 11 is 1.34. The molecule has 2 N–H and O–H groups in total. The smallest absolute Gasteiger partial charge is 0.271 e. The summed E-state index contributed by atoms with van der Waals surface area (Å²) in [5.41, 5.74) is 2.20. The van der Waals surface area contributed by atoms with Gasteiger partial charge in [0.25, 0.3) is 11.5 Å². The highest BCUT2D eigenvalue weighted by Crippen LogP contribution is 2.23. The van der Waals surface area contributed by atoms with Crippen LogP contribution in [0.25, 0.3) is 16.2 Å². The molecule has 2 amide bonds. The van der Waals surface area contributed by atoms with Gasteiger partial charge in [-0.15, -0.1) is 11.3 Å². The first-order valence-electron chi connectivity index (χ1n) is 8.76. The standard InChI is InChI=1S/C21H16N4O3S/c1-13(26)23-15-7-9-16(10-8-15)24-19(27)17-11-22-21-25(20(17)28)18(12-29-21)14-5-3-2-4-6-14/h2-12H,1H3,(H,23,26)(H,24,27). The van der Waals surface area contributed by atoms with Crippen LogP contribution in [0.4, 0.5) is 11.4 Å². The normalized spacial score (nSPS) is 10.7. The number of anilines is 2. The molecule has 0 unspecified atom stereocenters. The zero-order valence-corrected chi connectivity index (χ0v) is 16.2. The summed E-state index contributed by atoms with van der Waals surface area (Å²) in [5.74, 6) is -0.728. The molecular formula is C21H16N4O3S. The van der Waals surface area contributed by atoms with E-state index in [4.69, 9.17) is 0 Å². The fourth-order valence-corrected chi connectivity index (χ4v) is 3.76. The van der Waals surface area contributed by atoms with E-state index >= 15 is 0 Å². The van der Waals surface area contributed by atoms with E-state index < -0.39 is 11.5 Å². The van der Waals surface area contributed by atoms with E-state index in [0.717, 1.165) is 5.56 Å². The average molecular weight is 404 g/mol. The lowest BCUT2D eigenvalue weighted by atomic mass is 10.2. The minimum absolute atomic E-state index is 0.0518. The van der Waals surface area contributed by atoms with Gasteiger partial charge in [-0.2, -0.15) is 0 Å². The molecule has 0 saturated heterocycles. The SMILES string of the molecule is CC(=O)Nc1ccc(NC(=O)c2cnc3scc(-c4ccccc4)n3c2=O)cc1. The molecule has 2 aromatic carbocycles. The monoisotopic (exact) mass is 404 g/mol. The number of hydrogen-bond donors (Lipinski definition) is 2. The molecule has 4 rings (SSSR count). The van der Waals surface area contributed by atoms with E-state index in [2.05, 4.69) is 15.6 Å². The number of carbonyl (C=O) groups is 2. The summed E-state index contributed by atoms with van der Waals surface area (Å²) in [6.45, 7) is 1.42. The molecule has 8 heteroatoms. The molecule has 0 atom stereocenters. The highest BCUT2D eigenvalue weighted by atomic mass is 32.1. The van der Waals surface area contributed by atoms with Crippen LogP contribution in [-0.2, 0) is 4.79 Å². The molecule has 2 heterocycles. The zero-order chi connectivity index (χ0) is 20.4. The number of thiazole rings is 1. The van der Waals surface area contributed by atoms with Crippen molar-refractivity contribution in [3.63, 3.8) is 0 Å². The third kappa shape index (κ3) is 3.78. The second-order valence-electron chi connectivity index (χ2n) is 6.29. The Hall–Kier alpha value is -3.78. The van der Waals surface area contributed by atoms with Crippen LogP contribution in [0, 0.1) is 0 Å². The fourth-order valence-electron chi connectivity index (χ4n) is 2.90. The quantitative estimate of drug-likeness (QED) is 0.543. The molecule has 0 aliphatic heterocycles. The first-order chi connectivity index (χ1) is 14.0. The number of aromatic nitrogens is 2. The minimum Gasteiger partial charge on any atom is -0.326 e. The van der Waals surface area contributed by atoms with Crippen molar-refractivity contribution < 1.29 is 9.59 Å². The van der Waals surface area contributed by atoms with Crippen molar-refractivity contribution >= 4 is 39.5 Å². The number of carbonyl (C=O) groups excluding carboxylic acids is 2. The first-order valence-corrected chi connectivity index (χ1v) is 9.64. The molecule has 144 valence electrons. The molecule has 4 aromatic rings. The van der Waals surface area contributed by atoms with Gasteiger partial charge in [0, 0.05) is 29.9 Å².